The van der Waals surface area contributed by atoms with Gasteiger partial charge in [0.25, 0.3) is 0 Å². The standard InChI is InChI=1S/C12H11F3O4/c1-7(16)19-6-10(17)9-5-8(12(13,14)15)3-4-11(9)18-2/h3-5H,6H2,1-2H3. The molecule has 0 aliphatic carbocycles. The van der Waals surface area contributed by atoms with Gasteiger partial charge in [-0.05, 0) is 18.2 Å². The van der Waals surface area contributed by atoms with Crippen LogP contribution < -0.4 is 4.74 Å². The molecule has 0 amide bonds. The predicted octanol–water partition coefficient (Wildman–Crippen LogP) is 2.46. The van der Waals surface area contributed by atoms with Crippen LogP contribution in [-0.4, -0.2) is 25.5 Å². The largest absolute Gasteiger partial charge is 0.496 e. The molecule has 1 rings (SSSR count). The zero-order valence-electron chi connectivity index (χ0n) is 10.2. The Balaban J connectivity index is 3.09. The van der Waals surface area contributed by atoms with Crippen molar-refractivity contribution < 1.29 is 32.2 Å². The summed E-state index contributed by atoms with van der Waals surface area (Å²) in [5.41, 5.74) is -1.25. The minimum atomic E-state index is -4.57. The second-order valence-corrected chi connectivity index (χ2v) is 3.62. The van der Waals surface area contributed by atoms with Gasteiger partial charge in [0, 0.05) is 6.92 Å². The molecule has 0 spiro atoms. The van der Waals surface area contributed by atoms with Gasteiger partial charge in [-0.2, -0.15) is 13.2 Å². The van der Waals surface area contributed by atoms with E-state index in [1.165, 1.54) is 7.11 Å². The number of esters is 1. The smallest absolute Gasteiger partial charge is 0.416 e. The summed E-state index contributed by atoms with van der Waals surface area (Å²) in [7, 11) is 1.23. The highest BCUT2D eigenvalue weighted by molar-refractivity contribution is 6.00. The van der Waals surface area contributed by atoms with Gasteiger partial charge in [0.05, 0.1) is 18.2 Å². The third-order valence-electron chi connectivity index (χ3n) is 2.23. The Hall–Kier alpha value is -2.05. The van der Waals surface area contributed by atoms with Gasteiger partial charge in [-0.25, -0.2) is 0 Å². The van der Waals surface area contributed by atoms with Gasteiger partial charge in [-0.15, -0.1) is 0 Å². The average Bonchev–Trinajstić information content (AvgIpc) is 2.33. The first-order chi connectivity index (χ1) is 8.75. The number of ether oxygens (including phenoxy) is 2. The fourth-order valence-corrected chi connectivity index (χ4v) is 1.35. The van der Waals surface area contributed by atoms with Crippen LogP contribution in [0.3, 0.4) is 0 Å². The van der Waals surface area contributed by atoms with Crippen molar-refractivity contribution in [2.45, 2.75) is 13.1 Å². The molecule has 0 heterocycles. The summed E-state index contributed by atoms with van der Waals surface area (Å²) in [6.45, 7) is 0.462. The fourth-order valence-electron chi connectivity index (χ4n) is 1.35. The van der Waals surface area contributed by atoms with E-state index in [4.69, 9.17) is 4.74 Å². The monoisotopic (exact) mass is 276 g/mol. The van der Waals surface area contributed by atoms with Crippen LogP contribution in [0.5, 0.6) is 5.75 Å². The van der Waals surface area contributed by atoms with Crippen molar-refractivity contribution >= 4 is 11.8 Å². The highest BCUT2D eigenvalue weighted by Crippen LogP contribution is 2.32. The van der Waals surface area contributed by atoms with E-state index in [-0.39, 0.29) is 11.3 Å². The molecule has 4 nitrogen and oxygen atoms in total. The molecule has 0 aliphatic rings. The molecule has 104 valence electrons. The normalized spacial score (nSPS) is 11.0. The Morgan fingerprint density at radius 2 is 1.89 bits per heavy atom. The Kier molecular flexibility index (Phi) is 4.52. The van der Waals surface area contributed by atoms with Crippen molar-refractivity contribution in [3.63, 3.8) is 0 Å². The first-order valence-electron chi connectivity index (χ1n) is 5.17. The minimum absolute atomic E-state index is 0.00912. The average molecular weight is 276 g/mol. The van der Waals surface area contributed by atoms with Gasteiger partial charge >= 0.3 is 12.1 Å². The van der Waals surface area contributed by atoms with Gasteiger partial charge < -0.3 is 9.47 Å². The number of benzene rings is 1. The maximum atomic E-state index is 12.5. The van der Waals surface area contributed by atoms with E-state index in [0.717, 1.165) is 19.1 Å². The molecule has 0 aromatic heterocycles. The summed E-state index contributed by atoms with van der Waals surface area (Å²) >= 11 is 0. The van der Waals surface area contributed by atoms with Gasteiger partial charge in [0.2, 0.25) is 5.78 Å². The number of carbonyl (C=O) groups is 2. The quantitative estimate of drug-likeness (QED) is 0.626. The zero-order valence-corrected chi connectivity index (χ0v) is 10.2. The number of hydrogen-bond acceptors (Lipinski definition) is 4. The molecule has 0 atom stereocenters. The number of ketones is 1. The van der Waals surface area contributed by atoms with Gasteiger partial charge in [-0.3, -0.25) is 9.59 Å². The number of carbonyl (C=O) groups excluding carboxylic acids is 2. The number of alkyl halides is 3. The first kappa shape index (κ1) is 15.0. The molecular formula is C12H11F3O4. The minimum Gasteiger partial charge on any atom is -0.496 e. The molecule has 0 radical (unpaired) electrons. The summed E-state index contributed by atoms with van der Waals surface area (Å²) in [6.07, 6.45) is -4.57. The van der Waals surface area contributed by atoms with Crippen LogP contribution in [0.15, 0.2) is 18.2 Å². The topological polar surface area (TPSA) is 52.6 Å². The number of methoxy groups -OCH3 is 1. The maximum absolute atomic E-state index is 12.5. The zero-order chi connectivity index (χ0) is 14.6. The SMILES string of the molecule is COc1ccc(C(F)(F)F)cc1C(=O)COC(C)=O. The van der Waals surface area contributed by atoms with Crippen LogP contribution in [-0.2, 0) is 15.7 Å². The van der Waals surface area contributed by atoms with E-state index >= 15 is 0 Å². The van der Waals surface area contributed by atoms with Crippen molar-refractivity contribution in [3.8, 4) is 5.75 Å². The number of halogens is 3. The summed E-state index contributed by atoms with van der Waals surface area (Å²) < 4.78 is 46.9. The summed E-state index contributed by atoms with van der Waals surface area (Å²) in [6, 6.07) is 2.52. The van der Waals surface area contributed by atoms with Crippen molar-refractivity contribution in [2.75, 3.05) is 13.7 Å². The summed E-state index contributed by atoms with van der Waals surface area (Å²) in [4.78, 5) is 22.3. The third-order valence-corrected chi connectivity index (χ3v) is 2.23. The number of rotatable bonds is 4. The van der Waals surface area contributed by atoms with E-state index in [0.29, 0.717) is 6.07 Å². The third kappa shape index (κ3) is 3.97. The molecular weight excluding hydrogens is 265 g/mol. The lowest BCUT2D eigenvalue weighted by Gasteiger charge is -2.12. The first-order valence-corrected chi connectivity index (χ1v) is 5.17. The molecule has 0 aliphatic heterocycles. The van der Waals surface area contributed by atoms with Crippen molar-refractivity contribution in [1.82, 2.24) is 0 Å². The van der Waals surface area contributed by atoms with Crippen LogP contribution in [0.1, 0.15) is 22.8 Å². The molecule has 19 heavy (non-hydrogen) atoms. The van der Waals surface area contributed by atoms with Crippen LogP contribution >= 0.6 is 0 Å². The van der Waals surface area contributed by atoms with Crippen LogP contribution in [0.25, 0.3) is 0 Å². The highest BCUT2D eigenvalue weighted by atomic mass is 19.4. The lowest BCUT2D eigenvalue weighted by Crippen LogP contribution is -2.14. The van der Waals surface area contributed by atoms with E-state index in [2.05, 4.69) is 4.74 Å². The molecule has 0 N–H and O–H groups in total. The summed E-state index contributed by atoms with van der Waals surface area (Å²) in [5, 5.41) is 0. The fraction of sp³-hybridized carbons (Fsp3) is 0.333. The van der Waals surface area contributed by atoms with E-state index in [9.17, 15) is 22.8 Å². The second-order valence-electron chi connectivity index (χ2n) is 3.62. The molecule has 0 fully saturated rings. The number of Topliss-reactive ketones (excluding diaryl/α,β-unsaturated/α-hetero) is 1. The van der Waals surface area contributed by atoms with Gasteiger partial charge in [-0.1, -0.05) is 0 Å². The molecule has 1 aromatic rings. The van der Waals surface area contributed by atoms with Crippen LogP contribution in [0.2, 0.25) is 0 Å². The van der Waals surface area contributed by atoms with Gasteiger partial charge in [0.1, 0.15) is 5.75 Å². The predicted molar refractivity (Wildman–Crippen MR) is 59.0 cm³/mol. The van der Waals surface area contributed by atoms with E-state index < -0.39 is 30.1 Å². The lowest BCUT2D eigenvalue weighted by molar-refractivity contribution is -0.140. The maximum Gasteiger partial charge on any atom is 0.416 e. The molecule has 7 heteroatoms. The Morgan fingerprint density at radius 3 is 2.37 bits per heavy atom. The van der Waals surface area contributed by atoms with Gasteiger partial charge in [0.15, 0.2) is 6.61 Å². The Bertz CT molecular complexity index is 494. The molecule has 0 saturated heterocycles. The number of hydrogen-bond donors (Lipinski definition) is 0. The Morgan fingerprint density at radius 1 is 1.26 bits per heavy atom. The van der Waals surface area contributed by atoms with Crippen LogP contribution in [0, 0.1) is 0 Å². The van der Waals surface area contributed by atoms with Crippen LogP contribution in [0.4, 0.5) is 13.2 Å². The van der Waals surface area contributed by atoms with Crippen molar-refractivity contribution in [2.24, 2.45) is 0 Å². The summed E-state index contributed by atoms with van der Waals surface area (Å²) in [5.74, 6) is -1.47. The second kappa shape index (κ2) is 5.73. The molecule has 0 unspecified atom stereocenters. The van der Waals surface area contributed by atoms with E-state index in [1.807, 2.05) is 0 Å². The van der Waals surface area contributed by atoms with Crippen molar-refractivity contribution in [3.05, 3.63) is 29.3 Å². The molecule has 0 bridgehead atoms. The highest BCUT2D eigenvalue weighted by Gasteiger charge is 2.32. The van der Waals surface area contributed by atoms with Crippen molar-refractivity contribution in [1.29, 1.82) is 0 Å². The molecule has 1 aromatic carbocycles. The Labute approximate surface area is 107 Å². The molecule has 0 saturated carbocycles. The lowest BCUT2D eigenvalue weighted by atomic mass is 10.1. The van der Waals surface area contributed by atoms with E-state index in [1.54, 1.807) is 0 Å².